The van der Waals surface area contributed by atoms with Gasteiger partial charge in [0.05, 0.1) is 24.1 Å². The Kier molecular flexibility index (Phi) is 5.12. The summed E-state index contributed by atoms with van der Waals surface area (Å²) < 4.78 is 0. The van der Waals surface area contributed by atoms with Crippen molar-refractivity contribution < 1.29 is 24.6 Å². The second-order valence-corrected chi connectivity index (χ2v) is 11.0. The van der Waals surface area contributed by atoms with Crippen LogP contribution in [0.2, 0.25) is 0 Å². The largest absolute Gasteiger partial charge is 0.477 e. The van der Waals surface area contributed by atoms with E-state index in [4.69, 9.17) is 0 Å². The molecule has 0 aromatic rings. The number of carboxylic acids is 1. The molecule has 10 heteroatoms. The van der Waals surface area contributed by atoms with E-state index < -0.39 is 18.0 Å². The first kappa shape index (κ1) is 21.2. The molecule has 0 aliphatic carbocycles. The Bertz CT molecular complexity index is 863. The van der Waals surface area contributed by atoms with Crippen molar-refractivity contribution in [2.24, 2.45) is 11.8 Å². The fourth-order valence-corrected chi connectivity index (χ4v) is 7.81. The lowest BCUT2D eigenvalue weighted by Crippen LogP contribution is -2.63. The van der Waals surface area contributed by atoms with Gasteiger partial charge in [-0.3, -0.25) is 14.5 Å². The highest BCUT2D eigenvalue weighted by atomic mass is 32.2. The van der Waals surface area contributed by atoms with E-state index in [-0.39, 0.29) is 40.8 Å². The number of aliphatic hydroxyl groups excluding tert-OH is 1. The summed E-state index contributed by atoms with van der Waals surface area (Å²) in [6.45, 7) is 5.86. The molecule has 0 saturated carbocycles. The number of carbonyl (C=O) groups excluding carboxylic acids is 2. The maximum Gasteiger partial charge on any atom is 0.353 e. The van der Waals surface area contributed by atoms with Crippen LogP contribution < -0.4 is 5.32 Å². The predicted molar refractivity (Wildman–Crippen MR) is 114 cm³/mol. The minimum absolute atomic E-state index is 0.0600. The lowest BCUT2D eigenvalue weighted by molar-refractivity contribution is -0.163. The highest BCUT2D eigenvalue weighted by Crippen LogP contribution is 2.52. The first-order chi connectivity index (χ1) is 14.7. The minimum atomic E-state index is -1.10. The summed E-state index contributed by atoms with van der Waals surface area (Å²) in [5, 5.41) is 23.4. The quantitative estimate of drug-likeness (QED) is 0.482. The molecule has 3 N–H and O–H groups in total. The van der Waals surface area contributed by atoms with Crippen LogP contribution in [0.5, 0.6) is 0 Å². The molecule has 5 heterocycles. The maximum absolute atomic E-state index is 13.2. The highest BCUT2D eigenvalue weighted by Gasteiger charge is 2.60. The van der Waals surface area contributed by atoms with Crippen molar-refractivity contribution in [3.05, 3.63) is 10.6 Å². The number of hydrogen-bond donors (Lipinski definition) is 3. The van der Waals surface area contributed by atoms with E-state index in [2.05, 4.69) is 10.2 Å². The van der Waals surface area contributed by atoms with E-state index in [1.807, 2.05) is 18.9 Å². The van der Waals surface area contributed by atoms with E-state index in [9.17, 15) is 24.6 Å². The van der Waals surface area contributed by atoms with E-state index in [1.54, 1.807) is 6.92 Å². The van der Waals surface area contributed by atoms with Crippen molar-refractivity contribution in [2.75, 3.05) is 26.7 Å². The topological polar surface area (TPSA) is 113 Å². The molecule has 31 heavy (non-hydrogen) atoms. The molecule has 8 atom stereocenters. The molecular formula is C21H30N4O5S. The summed E-state index contributed by atoms with van der Waals surface area (Å²) in [6, 6.07) is 0.217. The molecule has 9 nitrogen and oxygen atoms in total. The molecule has 4 fully saturated rings. The van der Waals surface area contributed by atoms with Gasteiger partial charge in [-0.25, -0.2) is 4.79 Å². The van der Waals surface area contributed by atoms with Crippen LogP contribution in [0.3, 0.4) is 0 Å². The average Bonchev–Trinajstić information content (AvgIpc) is 3.45. The zero-order valence-corrected chi connectivity index (χ0v) is 18.8. The zero-order valence-electron chi connectivity index (χ0n) is 18.0. The molecule has 5 aliphatic rings. The van der Waals surface area contributed by atoms with Gasteiger partial charge < -0.3 is 25.3 Å². The molecular weight excluding hydrogens is 420 g/mol. The fraction of sp³-hybridized carbons (Fsp3) is 0.762. The van der Waals surface area contributed by atoms with Crippen LogP contribution >= 0.6 is 11.8 Å². The highest BCUT2D eigenvalue weighted by molar-refractivity contribution is 8.03. The molecule has 5 rings (SSSR count). The molecule has 0 radical (unpaired) electrons. The van der Waals surface area contributed by atoms with Crippen LogP contribution in [0.4, 0.5) is 0 Å². The number of carbonyl (C=O) groups is 3. The summed E-state index contributed by atoms with van der Waals surface area (Å²) in [7, 11) is 1.96. The lowest BCUT2D eigenvalue weighted by Gasteiger charge is -2.46. The van der Waals surface area contributed by atoms with Gasteiger partial charge in [-0.05, 0) is 26.8 Å². The number of rotatable bonds is 5. The number of nitrogens with zero attached hydrogens (tertiary/aromatic N) is 3. The second-order valence-electron chi connectivity index (χ2n) is 9.69. The molecule has 0 aromatic heterocycles. The standard InChI is InChI=1S/C21H30N4O5S/c1-9-16-15(10(2)26)20(28)25(16)17(21(29)30)18(9)31-13-5-14(23(3)8-13)19(27)24-7-11-4-12(24)6-22-11/h9-16,22,26H,4-8H2,1-3H3,(H,29,30)/t9-,10-,11+,12+,13+,14+,15-,16-/m1/s1. The SMILES string of the molecule is C[C@@H](O)[C@H]1C(=O)N2C(C(=O)O)=C(S[C@H]3C[C@@H](C(=O)N4C[C@@H]5C[C@H]4CN5)N(C)C3)[C@H](C)[C@H]12. The van der Waals surface area contributed by atoms with Crippen molar-refractivity contribution in [3.63, 3.8) is 0 Å². The Morgan fingerprint density at radius 2 is 2.00 bits per heavy atom. The molecule has 2 amide bonds. The van der Waals surface area contributed by atoms with Crippen LogP contribution in [0, 0.1) is 11.8 Å². The van der Waals surface area contributed by atoms with Crippen molar-refractivity contribution in [1.29, 1.82) is 0 Å². The number of likely N-dealkylation sites (N-methyl/N-ethyl adjacent to an activating group) is 1. The molecule has 2 bridgehead atoms. The Hall–Kier alpha value is -1.62. The number of thioether (sulfide) groups is 1. The Labute approximate surface area is 185 Å². The first-order valence-electron chi connectivity index (χ1n) is 11.1. The second kappa shape index (κ2) is 7.47. The van der Waals surface area contributed by atoms with E-state index in [1.165, 1.54) is 16.7 Å². The number of β-lactam (4-membered cyclic amide) rings is 1. The van der Waals surface area contributed by atoms with Gasteiger partial charge in [0.2, 0.25) is 11.8 Å². The number of fused-ring (bicyclic) bond motifs is 3. The van der Waals surface area contributed by atoms with Crippen LogP contribution in [-0.2, 0) is 14.4 Å². The van der Waals surface area contributed by atoms with Gasteiger partial charge in [0.25, 0.3) is 0 Å². The Morgan fingerprint density at radius 1 is 1.26 bits per heavy atom. The fourth-order valence-electron chi connectivity index (χ4n) is 6.21. The maximum atomic E-state index is 13.2. The van der Waals surface area contributed by atoms with Gasteiger partial charge in [0.15, 0.2) is 0 Å². The number of nitrogens with one attached hydrogen (secondary N) is 1. The van der Waals surface area contributed by atoms with Crippen LogP contribution in [0.15, 0.2) is 10.6 Å². The Morgan fingerprint density at radius 3 is 2.58 bits per heavy atom. The number of carboxylic acid groups (broad SMARTS) is 1. The number of piperazine rings is 1. The van der Waals surface area contributed by atoms with Gasteiger partial charge in [-0.15, -0.1) is 11.8 Å². The number of amides is 2. The molecule has 4 saturated heterocycles. The normalized spacial score (nSPS) is 40.5. The van der Waals surface area contributed by atoms with Gasteiger partial charge in [-0.2, -0.15) is 0 Å². The molecule has 5 aliphatic heterocycles. The van der Waals surface area contributed by atoms with Crippen molar-refractivity contribution in [3.8, 4) is 0 Å². The summed E-state index contributed by atoms with van der Waals surface area (Å²) in [5.74, 6) is -1.93. The zero-order chi connectivity index (χ0) is 22.2. The van der Waals surface area contributed by atoms with Crippen molar-refractivity contribution in [1.82, 2.24) is 20.0 Å². The Balaban J connectivity index is 1.31. The number of aliphatic carboxylic acids is 1. The summed E-state index contributed by atoms with van der Waals surface area (Å²) >= 11 is 1.50. The van der Waals surface area contributed by atoms with E-state index in [0.717, 1.165) is 19.5 Å². The van der Waals surface area contributed by atoms with Crippen LogP contribution in [0.1, 0.15) is 26.7 Å². The van der Waals surface area contributed by atoms with E-state index in [0.29, 0.717) is 30.0 Å². The van der Waals surface area contributed by atoms with Crippen molar-refractivity contribution in [2.45, 2.75) is 62.2 Å². The molecule has 0 spiro atoms. The third kappa shape index (κ3) is 3.13. The summed E-state index contributed by atoms with van der Waals surface area (Å²) in [4.78, 5) is 43.9. The van der Waals surface area contributed by atoms with Crippen LogP contribution in [-0.4, -0.2) is 105 Å². The van der Waals surface area contributed by atoms with Crippen LogP contribution in [0.25, 0.3) is 0 Å². The first-order valence-corrected chi connectivity index (χ1v) is 12.0. The number of aliphatic hydroxyl groups is 1. The third-order valence-corrected chi connectivity index (χ3v) is 9.23. The molecule has 170 valence electrons. The summed E-state index contributed by atoms with van der Waals surface area (Å²) in [6.07, 6.45) is 0.895. The summed E-state index contributed by atoms with van der Waals surface area (Å²) in [5.41, 5.74) is 0.0600. The van der Waals surface area contributed by atoms with E-state index >= 15 is 0 Å². The number of likely N-dealkylation sites (tertiary alicyclic amines) is 2. The molecule has 0 unspecified atom stereocenters. The third-order valence-electron chi connectivity index (χ3n) is 7.74. The van der Waals surface area contributed by atoms with Gasteiger partial charge in [0, 0.05) is 47.8 Å². The number of hydrogen-bond acceptors (Lipinski definition) is 7. The minimum Gasteiger partial charge on any atom is -0.477 e. The van der Waals surface area contributed by atoms with Crippen molar-refractivity contribution >= 4 is 29.5 Å². The predicted octanol–water partition coefficient (Wildman–Crippen LogP) is -0.481. The van der Waals surface area contributed by atoms with Gasteiger partial charge in [0.1, 0.15) is 5.70 Å². The van der Waals surface area contributed by atoms with Gasteiger partial charge in [-0.1, -0.05) is 6.92 Å². The van der Waals surface area contributed by atoms with Gasteiger partial charge >= 0.3 is 5.97 Å². The smallest absolute Gasteiger partial charge is 0.353 e. The molecule has 0 aromatic carbocycles. The monoisotopic (exact) mass is 450 g/mol. The average molecular weight is 451 g/mol. The lowest BCUT2D eigenvalue weighted by atomic mass is 9.79.